The average molecular weight is 700 g/mol. The van der Waals surface area contributed by atoms with Crippen LogP contribution in [0.2, 0.25) is 0 Å². The summed E-state index contributed by atoms with van der Waals surface area (Å²) in [6, 6.07) is 0. The van der Waals surface area contributed by atoms with Crippen molar-refractivity contribution in [3.63, 3.8) is 0 Å². The molecule has 3 nitrogen and oxygen atoms in total. The molecule has 0 spiro atoms. The van der Waals surface area contributed by atoms with Crippen molar-refractivity contribution in [3.05, 3.63) is 0 Å². The molecular formula is C47H93N3. The minimum atomic E-state index is 0.194. The van der Waals surface area contributed by atoms with Crippen molar-refractivity contribution in [1.29, 1.82) is 0 Å². The van der Waals surface area contributed by atoms with Gasteiger partial charge in [-0.25, -0.2) is 0 Å². The van der Waals surface area contributed by atoms with E-state index in [9.17, 15) is 0 Å². The Bertz CT molecular complexity index is 876. The molecule has 0 radical (unpaired) electrons. The first-order chi connectivity index (χ1) is 22.9. The Morgan fingerprint density at radius 3 is 0.900 bits per heavy atom. The lowest BCUT2D eigenvalue weighted by molar-refractivity contribution is -0.194. The number of piperidine rings is 3. The summed E-state index contributed by atoms with van der Waals surface area (Å²) < 4.78 is 0. The lowest BCUT2D eigenvalue weighted by Crippen LogP contribution is -2.69. The van der Waals surface area contributed by atoms with Gasteiger partial charge in [0.2, 0.25) is 0 Å². The predicted octanol–water partition coefficient (Wildman–Crippen LogP) is 13.4. The predicted molar refractivity (Wildman–Crippen MR) is 223 cm³/mol. The van der Waals surface area contributed by atoms with Gasteiger partial charge in [0.1, 0.15) is 0 Å². The van der Waals surface area contributed by atoms with E-state index in [1.165, 1.54) is 122 Å². The molecule has 3 heterocycles. The SMILES string of the molecule is CCCCCCCCCCCCCC(CC)C(C1CC(C)(C)N(C)C(C)(C)C1)(C1CC(C)(C)N(C)C(C)(C)C1)C1CC(C)(C)N(C)C(C)(C)C1. The zero-order valence-electron chi connectivity index (χ0n) is 37.6. The van der Waals surface area contributed by atoms with Gasteiger partial charge in [-0.15, -0.1) is 0 Å². The van der Waals surface area contributed by atoms with Gasteiger partial charge in [0.15, 0.2) is 0 Å². The molecule has 3 heteroatoms. The second-order valence-electron chi connectivity index (χ2n) is 22.3. The van der Waals surface area contributed by atoms with Crippen LogP contribution in [0.15, 0.2) is 0 Å². The maximum absolute atomic E-state index is 2.76. The van der Waals surface area contributed by atoms with Crippen molar-refractivity contribution in [2.45, 2.75) is 252 Å². The molecule has 0 aromatic carbocycles. The van der Waals surface area contributed by atoms with Crippen molar-refractivity contribution in [1.82, 2.24) is 14.7 Å². The van der Waals surface area contributed by atoms with Gasteiger partial charge in [-0.1, -0.05) is 90.9 Å². The van der Waals surface area contributed by atoms with Crippen LogP contribution in [-0.4, -0.2) is 69.1 Å². The van der Waals surface area contributed by atoms with E-state index in [1.807, 2.05) is 0 Å². The lowest BCUT2D eigenvalue weighted by atomic mass is 9.42. The summed E-state index contributed by atoms with van der Waals surface area (Å²) in [7, 11) is 7.30. The van der Waals surface area contributed by atoms with Crippen LogP contribution in [0.1, 0.15) is 219 Å². The molecule has 0 aliphatic carbocycles. The summed E-state index contributed by atoms with van der Waals surface area (Å²) in [4.78, 5) is 8.28. The third kappa shape index (κ3) is 9.57. The van der Waals surface area contributed by atoms with E-state index in [4.69, 9.17) is 0 Å². The van der Waals surface area contributed by atoms with Crippen molar-refractivity contribution in [3.8, 4) is 0 Å². The molecule has 50 heavy (non-hydrogen) atoms. The zero-order chi connectivity index (χ0) is 38.0. The summed E-state index contributed by atoms with van der Waals surface area (Å²) in [5.74, 6) is 2.99. The summed E-state index contributed by atoms with van der Waals surface area (Å²) in [6.07, 6.45) is 26.6. The normalized spacial score (nSPS) is 27.1. The van der Waals surface area contributed by atoms with Crippen molar-refractivity contribution in [2.75, 3.05) is 21.1 Å². The van der Waals surface area contributed by atoms with Gasteiger partial charge in [-0.2, -0.15) is 0 Å². The van der Waals surface area contributed by atoms with Gasteiger partial charge >= 0.3 is 0 Å². The highest BCUT2D eigenvalue weighted by Crippen LogP contribution is 2.66. The molecule has 3 aliphatic rings. The Kier molecular flexibility index (Phi) is 14.8. The molecular weight excluding hydrogens is 607 g/mol. The topological polar surface area (TPSA) is 9.72 Å². The number of hydrogen-bond acceptors (Lipinski definition) is 3. The highest BCUT2D eigenvalue weighted by atomic mass is 15.3. The molecule has 0 N–H and O–H groups in total. The Balaban J connectivity index is 2.09. The van der Waals surface area contributed by atoms with Gasteiger partial charge in [-0.05, 0) is 178 Å². The number of hydrogen-bond donors (Lipinski definition) is 0. The Hall–Kier alpha value is -0.120. The van der Waals surface area contributed by atoms with E-state index in [1.54, 1.807) is 0 Å². The van der Waals surface area contributed by atoms with E-state index in [0.29, 0.717) is 5.41 Å². The maximum atomic E-state index is 2.76. The van der Waals surface area contributed by atoms with E-state index in [0.717, 1.165) is 23.7 Å². The zero-order valence-corrected chi connectivity index (χ0v) is 37.6. The molecule has 1 atom stereocenters. The van der Waals surface area contributed by atoms with Crippen LogP contribution in [0.4, 0.5) is 0 Å². The minimum absolute atomic E-state index is 0.194. The van der Waals surface area contributed by atoms with Gasteiger partial charge < -0.3 is 0 Å². The molecule has 1 unspecified atom stereocenters. The quantitative estimate of drug-likeness (QED) is 0.140. The second-order valence-corrected chi connectivity index (χ2v) is 22.3. The smallest absolute Gasteiger partial charge is 0.0158 e. The number of unbranched alkanes of at least 4 members (excludes halogenated alkanes) is 10. The number of nitrogens with zero attached hydrogens (tertiary/aromatic N) is 3. The van der Waals surface area contributed by atoms with E-state index < -0.39 is 0 Å². The Morgan fingerprint density at radius 2 is 0.660 bits per heavy atom. The molecule has 0 aromatic heterocycles. The van der Waals surface area contributed by atoms with Gasteiger partial charge in [0.25, 0.3) is 0 Å². The fraction of sp³-hybridized carbons (Fsp3) is 1.00. The fourth-order valence-electron chi connectivity index (χ4n) is 13.0. The van der Waals surface area contributed by atoms with E-state index >= 15 is 0 Å². The van der Waals surface area contributed by atoms with Gasteiger partial charge in [-0.3, -0.25) is 14.7 Å². The van der Waals surface area contributed by atoms with Crippen molar-refractivity contribution < 1.29 is 0 Å². The molecule has 0 saturated carbocycles. The summed E-state index contributed by atoms with van der Waals surface area (Å²) in [5, 5.41) is 0. The summed E-state index contributed by atoms with van der Waals surface area (Å²) in [6.45, 7) is 36.0. The standard InChI is InChI=1S/C47H93N3/c1-18-20-21-22-23-24-25-26-27-28-29-30-37(19-2)47(38-31-41(3,4)48(15)42(5,6)32-38,39-33-43(7,8)49(16)44(9,10)34-39)40-35-45(11,12)50(17)46(13,14)36-40/h37-40H,18-36H2,1-17H3. The molecule has 3 aliphatic heterocycles. The minimum Gasteiger partial charge on any atom is -0.296 e. The molecule has 0 amide bonds. The molecule has 0 aromatic rings. The van der Waals surface area contributed by atoms with Crippen LogP contribution in [0.5, 0.6) is 0 Å². The van der Waals surface area contributed by atoms with Crippen LogP contribution in [-0.2, 0) is 0 Å². The van der Waals surface area contributed by atoms with E-state index in [-0.39, 0.29) is 33.2 Å². The van der Waals surface area contributed by atoms with Crippen molar-refractivity contribution in [2.24, 2.45) is 29.1 Å². The highest BCUT2D eigenvalue weighted by Gasteiger charge is 2.64. The molecule has 296 valence electrons. The third-order valence-electron chi connectivity index (χ3n) is 16.4. The first-order valence-corrected chi connectivity index (χ1v) is 22.1. The lowest BCUT2D eigenvalue weighted by Gasteiger charge is -2.69. The highest BCUT2D eigenvalue weighted by molar-refractivity contribution is 5.15. The monoisotopic (exact) mass is 700 g/mol. The summed E-state index contributed by atoms with van der Waals surface area (Å²) in [5.41, 5.74) is 1.49. The summed E-state index contributed by atoms with van der Waals surface area (Å²) >= 11 is 0. The Labute approximate surface area is 316 Å². The average Bonchev–Trinajstić information content (AvgIpc) is 2.98. The number of rotatable bonds is 17. The first-order valence-electron chi connectivity index (χ1n) is 22.1. The van der Waals surface area contributed by atoms with Crippen LogP contribution >= 0.6 is 0 Å². The largest absolute Gasteiger partial charge is 0.296 e. The van der Waals surface area contributed by atoms with Gasteiger partial charge in [0.05, 0.1) is 0 Å². The van der Waals surface area contributed by atoms with Crippen LogP contribution in [0.3, 0.4) is 0 Å². The number of likely N-dealkylation sites (tertiary alicyclic amines) is 3. The maximum Gasteiger partial charge on any atom is 0.0158 e. The fourth-order valence-corrected chi connectivity index (χ4v) is 13.0. The molecule has 3 saturated heterocycles. The first kappa shape index (κ1) is 44.3. The van der Waals surface area contributed by atoms with Crippen LogP contribution in [0.25, 0.3) is 0 Å². The van der Waals surface area contributed by atoms with E-state index in [2.05, 4.69) is 133 Å². The molecule has 3 rings (SSSR count). The van der Waals surface area contributed by atoms with Crippen molar-refractivity contribution >= 4 is 0 Å². The third-order valence-corrected chi connectivity index (χ3v) is 16.4. The van der Waals surface area contributed by atoms with Crippen LogP contribution in [0, 0.1) is 29.1 Å². The molecule has 3 fully saturated rings. The molecule has 0 bridgehead atoms. The second kappa shape index (κ2) is 16.7. The Morgan fingerprint density at radius 1 is 0.420 bits per heavy atom. The van der Waals surface area contributed by atoms with Gasteiger partial charge in [0, 0.05) is 33.2 Å². The van der Waals surface area contributed by atoms with Crippen LogP contribution < -0.4 is 0 Å².